The number of nitrogens with zero attached hydrogens (tertiary/aromatic N) is 2. The van der Waals surface area contributed by atoms with E-state index in [9.17, 15) is 9.00 Å². The summed E-state index contributed by atoms with van der Waals surface area (Å²) in [4.78, 5) is 14.7. The maximum Gasteiger partial charge on any atom is 0.354 e. The maximum absolute atomic E-state index is 12.6. The van der Waals surface area contributed by atoms with Crippen molar-refractivity contribution in [3.8, 4) is 0 Å². The molecule has 0 radical (unpaired) electrons. The molecule has 142 valence electrons. The number of rotatable bonds is 3. The zero-order valence-corrected chi connectivity index (χ0v) is 16.2. The van der Waals surface area contributed by atoms with E-state index in [1.165, 1.54) is 22.3 Å². The SMILES string of the molecule is CN1CCC(C[S@](N)(=O)=NC(=O)Nc2c3c(cc4c2CCC4)CCC3)C1. The Balaban J connectivity index is 1.54. The van der Waals surface area contributed by atoms with Gasteiger partial charge in [-0.15, -0.1) is 4.36 Å². The van der Waals surface area contributed by atoms with Gasteiger partial charge in [0.15, 0.2) is 0 Å². The lowest BCUT2D eigenvalue weighted by Crippen LogP contribution is -2.27. The lowest BCUT2D eigenvalue weighted by Gasteiger charge is -2.15. The number of fused-ring (bicyclic) bond motifs is 2. The first-order valence-corrected chi connectivity index (χ1v) is 11.3. The first-order chi connectivity index (χ1) is 12.4. The lowest BCUT2D eigenvalue weighted by molar-refractivity contribution is 0.260. The van der Waals surface area contributed by atoms with Crippen LogP contribution in [0.3, 0.4) is 0 Å². The normalized spacial score (nSPS) is 24.2. The van der Waals surface area contributed by atoms with Gasteiger partial charge in [-0.25, -0.2) is 14.1 Å². The van der Waals surface area contributed by atoms with Crippen molar-refractivity contribution < 1.29 is 9.00 Å². The molecule has 0 spiro atoms. The third kappa shape index (κ3) is 3.66. The second kappa shape index (κ2) is 6.94. The van der Waals surface area contributed by atoms with Crippen LogP contribution in [0.2, 0.25) is 0 Å². The molecule has 1 aliphatic heterocycles. The van der Waals surface area contributed by atoms with Gasteiger partial charge in [0, 0.05) is 18.0 Å². The molecule has 1 saturated heterocycles. The summed E-state index contributed by atoms with van der Waals surface area (Å²) in [6.07, 6.45) is 7.34. The average Bonchev–Trinajstić information content (AvgIpc) is 3.26. The molecule has 1 fully saturated rings. The van der Waals surface area contributed by atoms with E-state index in [-0.39, 0.29) is 11.7 Å². The van der Waals surface area contributed by atoms with E-state index in [0.717, 1.165) is 63.7 Å². The fraction of sp³-hybridized carbons (Fsp3) is 0.632. The zero-order chi connectivity index (χ0) is 18.3. The van der Waals surface area contributed by atoms with Crippen molar-refractivity contribution in [2.24, 2.45) is 15.4 Å². The number of benzene rings is 1. The quantitative estimate of drug-likeness (QED) is 0.849. The number of amides is 2. The van der Waals surface area contributed by atoms with Crippen molar-refractivity contribution >= 4 is 21.6 Å². The minimum Gasteiger partial charge on any atom is -0.306 e. The molecule has 3 N–H and O–H groups in total. The van der Waals surface area contributed by atoms with Gasteiger partial charge in [0.25, 0.3) is 0 Å². The number of likely N-dealkylation sites (tertiary alicyclic amines) is 1. The highest BCUT2D eigenvalue weighted by atomic mass is 32.2. The Labute approximate surface area is 155 Å². The molecule has 1 unspecified atom stereocenters. The molecule has 2 atom stereocenters. The van der Waals surface area contributed by atoms with Crippen LogP contribution in [0.25, 0.3) is 0 Å². The van der Waals surface area contributed by atoms with Crippen molar-refractivity contribution in [3.63, 3.8) is 0 Å². The molecule has 6 nitrogen and oxygen atoms in total. The number of nitrogens with one attached hydrogen (secondary N) is 1. The highest BCUT2D eigenvalue weighted by molar-refractivity contribution is 7.91. The van der Waals surface area contributed by atoms with E-state index in [4.69, 9.17) is 5.14 Å². The summed E-state index contributed by atoms with van der Waals surface area (Å²) in [5, 5.41) is 8.86. The molecule has 1 aromatic rings. The van der Waals surface area contributed by atoms with Gasteiger partial charge in [0.1, 0.15) is 9.92 Å². The fourth-order valence-electron chi connectivity index (χ4n) is 4.77. The summed E-state index contributed by atoms with van der Waals surface area (Å²) < 4.78 is 16.5. The summed E-state index contributed by atoms with van der Waals surface area (Å²) in [6, 6.07) is 1.76. The van der Waals surface area contributed by atoms with E-state index in [1.54, 1.807) is 0 Å². The number of hydrogen-bond donors (Lipinski definition) is 2. The van der Waals surface area contributed by atoms with Gasteiger partial charge in [-0.2, -0.15) is 0 Å². The molecule has 1 aromatic carbocycles. The van der Waals surface area contributed by atoms with Gasteiger partial charge in [-0.05, 0) is 86.7 Å². The van der Waals surface area contributed by atoms with Gasteiger partial charge < -0.3 is 10.2 Å². The van der Waals surface area contributed by atoms with Crippen LogP contribution in [0.4, 0.5) is 10.5 Å². The molecule has 2 amide bonds. The molecule has 0 bridgehead atoms. The van der Waals surface area contributed by atoms with Crippen LogP contribution in [0.15, 0.2) is 10.4 Å². The second-order valence-corrected chi connectivity index (χ2v) is 9.92. The standard InChI is InChI=1S/C19H28N4O2S/c1-23-9-8-13(11-23)12-26(20,25)22-19(24)21-18-16-6-2-4-14(16)10-15-5-3-7-17(15)18/h10,13H,2-9,11-12H2,1H3,(H3,20,21,22,24,25)/t13?,26-/m1/s1. The summed E-state index contributed by atoms with van der Waals surface area (Å²) in [7, 11) is -0.959. The largest absolute Gasteiger partial charge is 0.354 e. The molecule has 1 heterocycles. The van der Waals surface area contributed by atoms with Gasteiger partial charge in [0.2, 0.25) is 0 Å². The second-order valence-electron chi connectivity index (χ2n) is 8.03. The van der Waals surface area contributed by atoms with Crippen LogP contribution in [0.1, 0.15) is 41.5 Å². The minimum absolute atomic E-state index is 0.249. The van der Waals surface area contributed by atoms with Crippen molar-refractivity contribution in [1.29, 1.82) is 0 Å². The number of urea groups is 1. The molecule has 26 heavy (non-hydrogen) atoms. The summed E-state index contributed by atoms with van der Waals surface area (Å²) in [5.74, 6) is 0.537. The third-order valence-electron chi connectivity index (χ3n) is 5.91. The van der Waals surface area contributed by atoms with Crippen LogP contribution in [0.5, 0.6) is 0 Å². The topological polar surface area (TPSA) is 87.8 Å². The lowest BCUT2D eigenvalue weighted by atomic mass is 9.99. The minimum atomic E-state index is -3.00. The molecule has 4 rings (SSSR count). The first-order valence-electron chi connectivity index (χ1n) is 9.60. The first kappa shape index (κ1) is 17.9. The van der Waals surface area contributed by atoms with Gasteiger partial charge in [-0.1, -0.05) is 6.07 Å². The summed E-state index contributed by atoms with van der Waals surface area (Å²) in [6.45, 7) is 1.85. The Morgan fingerprint density at radius 1 is 1.27 bits per heavy atom. The van der Waals surface area contributed by atoms with Crippen LogP contribution >= 0.6 is 0 Å². The predicted octanol–water partition coefficient (Wildman–Crippen LogP) is 2.49. The molecule has 0 saturated carbocycles. The maximum atomic E-state index is 12.6. The Morgan fingerprint density at radius 2 is 1.92 bits per heavy atom. The number of hydrogen-bond acceptors (Lipinski definition) is 3. The summed E-state index contributed by atoms with van der Waals surface area (Å²) in [5.41, 5.74) is 6.12. The zero-order valence-electron chi connectivity index (χ0n) is 15.4. The highest BCUT2D eigenvalue weighted by Gasteiger charge is 2.26. The highest BCUT2D eigenvalue weighted by Crippen LogP contribution is 2.38. The number of anilines is 1. The molecule has 0 aromatic heterocycles. The van der Waals surface area contributed by atoms with Gasteiger partial charge >= 0.3 is 6.03 Å². The van der Waals surface area contributed by atoms with Gasteiger partial charge in [-0.3, -0.25) is 0 Å². The number of carbonyl (C=O) groups is 1. The van der Waals surface area contributed by atoms with E-state index >= 15 is 0 Å². The van der Waals surface area contributed by atoms with Crippen LogP contribution in [-0.4, -0.2) is 41.0 Å². The number of carbonyl (C=O) groups excluding carboxylic acids is 1. The van der Waals surface area contributed by atoms with Crippen molar-refractivity contribution in [3.05, 3.63) is 28.3 Å². The van der Waals surface area contributed by atoms with E-state index < -0.39 is 15.9 Å². The van der Waals surface area contributed by atoms with Gasteiger partial charge in [0.05, 0.1) is 0 Å². The van der Waals surface area contributed by atoms with Crippen molar-refractivity contribution in [2.45, 2.75) is 44.9 Å². The van der Waals surface area contributed by atoms with E-state index in [1.807, 2.05) is 7.05 Å². The predicted molar refractivity (Wildman–Crippen MR) is 105 cm³/mol. The fourth-order valence-corrected chi connectivity index (χ4v) is 6.12. The third-order valence-corrected chi connectivity index (χ3v) is 7.33. The molecular formula is C19H28N4O2S. The van der Waals surface area contributed by atoms with Crippen molar-refractivity contribution in [1.82, 2.24) is 4.90 Å². The molecule has 3 aliphatic rings. The Kier molecular flexibility index (Phi) is 4.79. The van der Waals surface area contributed by atoms with E-state index in [2.05, 4.69) is 20.6 Å². The number of nitrogens with two attached hydrogens (primary N) is 1. The Morgan fingerprint density at radius 3 is 2.50 bits per heavy atom. The van der Waals surface area contributed by atoms with E-state index in [0.29, 0.717) is 0 Å². The monoisotopic (exact) mass is 376 g/mol. The summed E-state index contributed by atoms with van der Waals surface area (Å²) >= 11 is 0. The molecular weight excluding hydrogens is 348 g/mol. The van der Waals surface area contributed by atoms with Crippen LogP contribution in [0, 0.1) is 5.92 Å². The van der Waals surface area contributed by atoms with Crippen molar-refractivity contribution in [2.75, 3.05) is 31.2 Å². The van der Waals surface area contributed by atoms with Crippen LogP contribution in [-0.2, 0) is 35.6 Å². The Bertz CT molecular complexity index is 825. The Hall–Kier alpha value is -1.44. The molecule has 7 heteroatoms. The smallest absolute Gasteiger partial charge is 0.306 e. The number of aryl methyl sites for hydroxylation is 2. The van der Waals surface area contributed by atoms with Crippen LogP contribution < -0.4 is 10.5 Å². The average molecular weight is 377 g/mol. The molecule has 2 aliphatic carbocycles.